The highest BCUT2D eigenvalue weighted by Crippen LogP contribution is 2.18. The molecule has 2 rings (SSSR count). The topological polar surface area (TPSA) is 126 Å². The van der Waals surface area contributed by atoms with Crippen molar-refractivity contribution in [2.24, 2.45) is 0 Å². The van der Waals surface area contributed by atoms with Gasteiger partial charge in [0.1, 0.15) is 0 Å². The van der Waals surface area contributed by atoms with E-state index in [0.29, 0.717) is 0 Å². The van der Waals surface area contributed by atoms with Crippen LogP contribution in [0.2, 0.25) is 0 Å². The van der Waals surface area contributed by atoms with E-state index in [0.717, 1.165) is 12.1 Å². The monoisotopic (exact) mass is 319 g/mol. The highest BCUT2D eigenvalue weighted by atomic mass is 32.2. The number of nitrogens with one attached hydrogen (secondary N) is 1. The number of rotatable bonds is 5. The van der Waals surface area contributed by atoms with Crippen LogP contribution in [0, 0.1) is 0 Å². The Balaban J connectivity index is 2.35. The number of anilines is 1. The van der Waals surface area contributed by atoms with Crippen LogP contribution >= 0.6 is 0 Å². The maximum absolute atomic E-state index is 12.2. The smallest absolute Gasteiger partial charge is 0.261 e. The van der Waals surface area contributed by atoms with Gasteiger partial charge >= 0.3 is 0 Å². The van der Waals surface area contributed by atoms with Gasteiger partial charge < -0.3 is 19.8 Å². The van der Waals surface area contributed by atoms with Crippen molar-refractivity contribution in [3.63, 3.8) is 0 Å². The zero-order valence-corrected chi connectivity index (χ0v) is 11.8. The van der Waals surface area contributed by atoms with Gasteiger partial charge in [0.2, 0.25) is 0 Å². The summed E-state index contributed by atoms with van der Waals surface area (Å²) in [6, 6.07) is 9.66. The number of carboxylic acids is 2. The Hall–Kier alpha value is -2.87. The van der Waals surface area contributed by atoms with Crippen molar-refractivity contribution in [1.29, 1.82) is 0 Å². The Morgan fingerprint density at radius 1 is 0.864 bits per heavy atom. The van der Waals surface area contributed by atoms with Gasteiger partial charge in [-0.15, -0.1) is 0 Å². The van der Waals surface area contributed by atoms with Gasteiger partial charge in [-0.05, 0) is 35.4 Å². The predicted molar refractivity (Wildman–Crippen MR) is 72.4 cm³/mol. The minimum Gasteiger partial charge on any atom is -0.545 e. The number of hydrogen-bond donors (Lipinski definition) is 1. The molecule has 0 unspecified atom stereocenters. The van der Waals surface area contributed by atoms with E-state index in [2.05, 4.69) is 4.72 Å². The van der Waals surface area contributed by atoms with Gasteiger partial charge in [-0.1, -0.05) is 24.3 Å². The van der Waals surface area contributed by atoms with E-state index < -0.39 is 22.0 Å². The number of hydrogen-bond acceptors (Lipinski definition) is 6. The number of carbonyl (C=O) groups is 2. The average molecular weight is 319 g/mol. The van der Waals surface area contributed by atoms with Gasteiger partial charge in [-0.3, -0.25) is 4.72 Å². The molecule has 0 radical (unpaired) electrons. The molecule has 1 N–H and O–H groups in total. The van der Waals surface area contributed by atoms with Crippen molar-refractivity contribution < 1.29 is 28.2 Å². The fourth-order valence-electron chi connectivity index (χ4n) is 1.71. The van der Waals surface area contributed by atoms with Crippen molar-refractivity contribution in [2.75, 3.05) is 4.72 Å². The maximum Gasteiger partial charge on any atom is 0.261 e. The van der Waals surface area contributed by atoms with Crippen LogP contribution in [0.15, 0.2) is 53.4 Å². The summed E-state index contributed by atoms with van der Waals surface area (Å²) in [5.74, 6) is -2.95. The lowest BCUT2D eigenvalue weighted by Crippen LogP contribution is -2.23. The predicted octanol–water partition coefficient (Wildman–Crippen LogP) is -0.786. The van der Waals surface area contributed by atoms with Crippen LogP contribution in [0.25, 0.3) is 0 Å². The summed E-state index contributed by atoms with van der Waals surface area (Å²) in [5, 5.41) is 21.5. The fraction of sp³-hybridized carbons (Fsp3) is 0. The van der Waals surface area contributed by atoms with Crippen molar-refractivity contribution in [3.05, 3.63) is 59.7 Å². The van der Waals surface area contributed by atoms with Gasteiger partial charge in [0.25, 0.3) is 10.0 Å². The Morgan fingerprint density at radius 2 is 1.41 bits per heavy atom. The number of benzene rings is 2. The molecule has 0 aliphatic rings. The van der Waals surface area contributed by atoms with Crippen LogP contribution in [0.1, 0.15) is 20.7 Å². The summed E-state index contributed by atoms with van der Waals surface area (Å²) in [5.41, 5.74) is -0.462. The molecule has 0 atom stereocenters. The molecule has 0 amide bonds. The molecule has 0 heterocycles. The quantitative estimate of drug-likeness (QED) is 0.770. The minimum atomic E-state index is -4.07. The van der Waals surface area contributed by atoms with Crippen molar-refractivity contribution in [2.45, 2.75) is 4.90 Å². The molecule has 114 valence electrons. The second kappa shape index (κ2) is 5.86. The second-order valence-electron chi connectivity index (χ2n) is 4.29. The zero-order chi connectivity index (χ0) is 16.3. The van der Waals surface area contributed by atoms with Gasteiger partial charge in [-0.25, -0.2) is 8.42 Å². The lowest BCUT2D eigenvalue weighted by Gasteiger charge is -2.11. The Bertz CT molecular complexity index is 844. The SMILES string of the molecule is O=C([O-])c1cccc(NS(=O)(=O)c2cccc(C(=O)[O-])c2)c1. The summed E-state index contributed by atoms with van der Waals surface area (Å²) in [6.07, 6.45) is 0. The van der Waals surface area contributed by atoms with E-state index >= 15 is 0 Å². The Morgan fingerprint density at radius 3 is 2.00 bits per heavy atom. The molecular formula is C14H9NO6S-2. The third kappa shape index (κ3) is 3.41. The second-order valence-corrected chi connectivity index (χ2v) is 5.97. The molecule has 0 aliphatic carbocycles. The lowest BCUT2D eigenvalue weighted by atomic mass is 10.2. The van der Waals surface area contributed by atoms with Crippen molar-refractivity contribution >= 4 is 27.6 Å². The molecule has 7 nitrogen and oxygen atoms in total. The van der Waals surface area contributed by atoms with E-state index in [-0.39, 0.29) is 21.7 Å². The lowest BCUT2D eigenvalue weighted by molar-refractivity contribution is -0.256. The van der Waals surface area contributed by atoms with Crippen LogP contribution in [0.4, 0.5) is 5.69 Å². The fourth-order valence-corrected chi connectivity index (χ4v) is 2.81. The minimum absolute atomic E-state index is 0.0144. The highest BCUT2D eigenvalue weighted by Gasteiger charge is 2.15. The summed E-state index contributed by atoms with van der Waals surface area (Å²) < 4.78 is 26.5. The number of aromatic carboxylic acids is 2. The van der Waals surface area contributed by atoms with Gasteiger partial charge in [0, 0.05) is 5.69 Å². The third-order valence-corrected chi connectivity index (χ3v) is 4.11. The molecule has 22 heavy (non-hydrogen) atoms. The first-order valence-corrected chi connectivity index (χ1v) is 7.43. The summed E-state index contributed by atoms with van der Waals surface area (Å²) in [6.45, 7) is 0. The van der Waals surface area contributed by atoms with E-state index in [1.165, 1.54) is 36.4 Å². The molecule has 0 saturated heterocycles. The van der Waals surface area contributed by atoms with Gasteiger partial charge in [-0.2, -0.15) is 0 Å². The first-order valence-electron chi connectivity index (χ1n) is 5.95. The molecule has 0 saturated carbocycles. The normalized spacial score (nSPS) is 10.9. The van der Waals surface area contributed by atoms with Crippen LogP contribution in [-0.2, 0) is 10.0 Å². The van der Waals surface area contributed by atoms with Gasteiger partial charge in [0.15, 0.2) is 0 Å². The molecule has 0 spiro atoms. The summed E-state index contributed by atoms with van der Waals surface area (Å²) in [4.78, 5) is 21.2. The molecule has 2 aromatic rings. The highest BCUT2D eigenvalue weighted by molar-refractivity contribution is 7.92. The Kier molecular flexibility index (Phi) is 4.13. The molecule has 0 aliphatic heterocycles. The molecule has 2 aromatic carbocycles. The van der Waals surface area contributed by atoms with Crippen molar-refractivity contribution in [3.8, 4) is 0 Å². The number of sulfonamides is 1. The number of carboxylic acid groups (broad SMARTS) is 2. The molecule has 0 fully saturated rings. The molecular weight excluding hydrogens is 310 g/mol. The van der Waals surface area contributed by atoms with E-state index in [4.69, 9.17) is 0 Å². The van der Waals surface area contributed by atoms with E-state index in [1.807, 2.05) is 0 Å². The molecule has 0 bridgehead atoms. The average Bonchev–Trinajstić information content (AvgIpc) is 2.47. The Labute approximate surface area is 125 Å². The summed E-state index contributed by atoms with van der Waals surface area (Å²) in [7, 11) is -4.07. The van der Waals surface area contributed by atoms with Crippen LogP contribution in [0.5, 0.6) is 0 Å². The molecule has 0 aromatic heterocycles. The van der Waals surface area contributed by atoms with Gasteiger partial charge in [0.05, 0.1) is 16.8 Å². The first kappa shape index (κ1) is 15.5. The molecule has 8 heteroatoms. The summed E-state index contributed by atoms with van der Waals surface area (Å²) >= 11 is 0. The standard InChI is InChI=1S/C14H11NO6S/c16-13(17)9-3-1-5-11(7-9)15-22(20,21)12-6-2-4-10(8-12)14(18)19/h1-8,15H,(H,16,17)(H,18,19)/p-2. The van der Waals surface area contributed by atoms with Crippen LogP contribution in [-0.4, -0.2) is 20.4 Å². The largest absolute Gasteiger partial charge is 0.545 e. The first-order chi connectivity index (χ1) is 10.3. The van der Waals surface area contributed by atoms with E-state index in [9.17, 15) is 28.2 Å². The maximum atomic E-state index is 12.2. The van der Waals surface area contributed by atoms with Crippen molar-refractivity contribution in [1.82, 2.24) is 0 Å². The van der Waals surface area contributed by atoms with Crippen LogP contribution in [0.3, 0.4) is 0 Å². The van der Waals surface area contributed by atoms with E-state index in [1.54, 1.807) is 0 Å². The zero-order valence-electron chi connectivity index (χ0n) is 11.0. The third-order valence-electron chi connectivity index (χ3n) is 2.73. The number of carbonyl (C=O) groups excluding carboxylic acids is 2. The van der Waals surface area contributed by atoms with Crippen LogP contribution < -0.4 is 14.9 Å².